The first-order valence-corrected chi connectivity index (χ1v) is 10.7. The fourth-order valence-corrected chi connectivity index (χ4v) is 3.64. The van der Waals surface area contributed by atoms with Crippen molar-refractivity contribution < 1.29 is 18.8 Å². The lowest BCUT2D eigenvalue weighted by Crippen LogP contribution is -2.14. The Labute approximate surface area is 198 Å². The number of ether oxygens (including phenoxy) is 2. The molecule has 0 saturated carbocycles. The summed E-state index contributed by atoms with van der Waals surface area (Å²) in [7, 11) is 0. The number of hydrogen-bond acceptors (Lipinski definition) is 9. The molecule has 1 amide bonds. The van der Waals surface area contributed by atoms with Crippen LogP contribution in [0.25, 0.3) is 22.8 Å². The first kappa shape index (κ1) is 20.5. The second kappa shape index (κ2) is 8.71. The molecule has 35 heavy (non-hydrogen) atoms. The molecule has 0 aliphatic carbocycles. The van der Waals surface area contributed by atoms with Crippen LogP contribution in [0.1, 0.15) is 21.9 Å². The van der Waals surface area contributed by atoms with Crippen molar-refractivity contribution in [1.29, 1.82) is 0 Å². The molecule has 3 aromatic heterocycles. The Morgan fingerprint density at radius 3 is 2.86 bits per heavy atom. The number of nitrogens with one attached hydrogen (secondary N) is 2. The minimum Gasteiger partial charge on any atom is -0.454 e. The third-order valence-corrected chi connectivity index (χ3v) is 5.36. The number of fused-ring (bicyclic) bond motifs is 1. The topological polar surface area (TPSA) is 141 Å². The highest BCUT2D eigenvalue weighted by atomic mass is 16.7. The maximum atomic E-state index is 12.9. The summed E-state index contributed by atoms with van der Waals surface area (Å²) in [6.45, 7) is 0.192. The summed E-state index contributed by atoms with van der Waals surface area (Å²) in [6, 6.07) is 14.6. The molecule has 2 N–H and O–H groups in total. The number of aromatic amines is 1. The molecule has 0 unspecified atom stereocenters. The lowest BCUT2D eigenvalue weighted by Gasteiger charge is -2.08. The van der Waals surface area contributed by atoms with Gasteiger partial charge in [-0.25, -0.2) is 4.98 Å². The van der Waals surface area contributed by atoms with E-state index in [4.69, 9.17) is 14.0 Å². The molecule has 0 fully saturated rings. The molecule has 0 bridgehead atoms. The quantitative estimate of drug-likeness (QED) is 0.384. The van der Waals surface area contributed by atoms with Gasteiger partial charge in [0.1, 0.15) is 11.4 Å². The summed E-state index contributed by atoms with van der Waals surface area (Å²) in [5, 5.41) is 14.0. The Hall–Kier alpha value is -5.06. The highest BCUT2D eigenvalue weighted by molar-refractivity contribution is 6.03. The number of amides is 1. The lowest BCUT2D eigenvalue weighted by atomic mass is 10.1. The average Bonchev–Trinajstić information content (AvgIpc) is 3.66. The van der Waals surface area contributed by atoms with E-state index in [1.54, 1.807) is 24.7 Å². The van der Waals surface area contributed by atoms with Crippen LogP contribution in [0.3, 0.4) is 0 Å². The van der Waals surface area contributed by atoms with Crippen LogP contribution >= 0.6 is 0 Å². The Morgan fingerprint density at radius 1 is 1.03 bits per heavy atom. The Morgan fingerprint density at radius 2 is 1.94 bits per heavy atom. The van der Waals surface area contributed by atoms with E-state index in [2.05, 4.69) is 35.6 Å². The van der Waals surface area contributed by atoms with E-state index in [-0.39, 0.29) is 12.7 Å². The molecule has 6 rings (SSSR count). The Bertz CT molecular complexity index is 1510. The third-order valence-electron chi connectivity index (χ3n) is 5.36. The fraction of sp³-hybridized carbons (Fsp3) is 0.0833. The van der Waals surface area contributed by atoms with Crippen LogP contribution < -0.4 is 14.8 Å². The molecule has 5 aromatic rings. The van der Waals surface area contributed by atoms with Crippen LogP contribution in [-0.2, 0) is 6.42 Å². The van der Waals surface area contributed by atoms with Gasteiger partial charge in [-0.3, -0.25) is 14.9 Å². The average molecular weight is 467 g/mol. The molecule has 1 aliphatic rings. The smallest absolute Gasteiger partial charge is 0.273 e. The molecular formula is C24H17N7O4. The van der Waals surface area contributed by atoms with Gasteiger partial charge in [0.2, 0.25) is 18.5 Å². The second-order valence-electron chi connectivity index (χ2n) is 7.63. The number of rotatable bonds is 6. The number of anilines is 1. The maximum Gasteiger partial charge on any atom is 0.273 e. The largest absolute Gasteiger partial charge is 0.454 e. The Balaban J connectivity index is 1.18. The van der Waals surface area contributed by atoms with Crippen LogP contribution in [0.4, 0.5) is 5.69 Å². The summed E-state index contributed by atoms with van der Waals surface area (Å²) >= 11 is 0. The first-order valence-electron chi connectivity index (χ1n) is 10.7. The van der Waals surface area contributed by atoms with E-state index in [1.165, 1.54) is 0 Å². The third kappa shape index (κ3) is 4.17. The molecule has 0 radical (unpaired) electrons. The molecule has 11 heteroatoms. The Kier molecular flexibility index (Phi) is 5.11. The van der Waals surface area contributed by atoms with Gasteiger partial charge in [-0.1, -0.05) is 23.4 Å². The number of nitrogens with zero attached hydrogens (tertiary/aromatic N) is 5. The second-order valence-corrected chi connectivity index (χ2v) is 7.63. The van der Waals surface area contributed by atoms with Gasteiger partial charge in [0.25, 0.3) is 5.91 Å². The van der Waals surface area contributed by atoms with Gasteiger partial charge in [-0.05, 0) is 35.9 Å². The number of hydrogen-bond donors (Lipinski definition) is 2. The summed E-state index contributed by atoms with van der Waals surface area (Å²) < 4.78 is 16.1. The van der Waals surface area contributed by atoms with E-state index in [0.29, 0.717) is 52.4 Å². The predicted octanol–water partition coefficient (Wildman–Crippen LogP) is 3.49. The van der Waals surface area contributed by atoms with Crippen LogP contribution in [0, 0.1) is 0 Å². The minimum atomic E-state index is -0.331. The van der Waals surface area contributed by atoms with Crippen LogP contribution in [-0.4, -0.2) is 43.0 Å². The number of H-pyrrole nitrogens is 1. The van der Waals surface area contributed by atoms with Crippen molar-refractivity contribution in [2.24, 2.45) is 0 Å². The van der Waals surface area contributed by atoms with E-state index >= 15 is 0 Å². The number of aromatic nitrogens is 6. The zero-order valence-electron chi connectivity index (χ0n) is 18.1. The zero-order chi connectivity index (χ0) is 23.6. The van der Waals surface area contributed by atoms with Gasteiger partial charge in [0, 0.05) is 23.6 Å². The van der Waals surface area contributed by atoms with Crippen molar-refractivity contribution in [2.75, 3.05) is 12.1 Å². The number of carbonyl (C=O) groups excluding carboxylic acids is 1. The molecule has 172 valence electrons. The normalized spacial score (nSPS) is 12.0. The molecule has 4 heterocycles. The fourth-order valence-electron chi connectivity index (χ4n) is 3.64. The van der Waals surface area contributed by atoms with E-state index < -0.39 is 0 Å². The van der Waals surface area contributed by atoms with Gasteiger partial charge in [-0.2, -0.15) is 10.1 Å². The van der Waals surface area contributed by atoms with E-state index in [9.17, 15) is 4.79 Å². The lowest BCUT2D eigenvalue weighted by molar-refractivity contribution is 0.102. The van der Waals surface area contributed by atoms with Crippen LogP contribution in [0.15, 0.2) is 71.6 Å². The molecule has 2 aromatic carbocycles. The van der Waals surface area contributed by atoms with E-state index in [0.717, 1.165) is 11.1 Å². The highest BCUT2D eigenvalue weighted by Gasteiger charge is 2.18. The van der Waals surface area contributed by atoms with Crippen molar-refractivity contribution in [1.82, 2.24) is 30.3 Å². The summed E-state index contributed by atoms with van der Waals surface area (Å²) in [5.74, 6) is 1.74. The molecule has 0 saturated heterocycles. The van der Waals surface area contributed by atoms with Gasteiger partial charge in [-0.15, -0.1) is 0 Å². The van der Waals surface area contributed by atoms with Crippen molar-refractivity contribution in [3.63, 3.8) is 0 Å². The summed E-state index contributed by atoms with van der Waals surface area (Å²) in [6.07, 6.45) is 5.02. The molecular weight excluding hydrogens is 450 g/mol. The first-order chi connectivity index (χ1) is 17.2. The molecule has 1 aliphatic heterocycles. The standard InChI is InChI=1S/C24H17N7O4/c32-24(18-11-17(29-30-18)15-5-6-20-21(9-15)34-13-33-20)27-16-4-2-1-3-14(16)10-22-28-23(31-35-22)19-12-25-7-8-26-19/h1-9,11-12H,10,13H2,(H,27,32)(H,29,30). The summed E-state index contributed by atoms with van der Waals surface area (Å²) in [5.41, 5.74) is 3.68. The maximum absolute atomic E-state index is 12.9. The van der Waals surface area contributed by atoms with Crippen molar-refractivity contribution in [2.45, 2.75) is 6.42 Å². The van der Waals surface area contributed by atoms with Gasteiger partial charge in [0.15, 0.2) is 11.5 Å². The zero-order valence-corrected chi connectivity index (χ0v) is 18.1. The number of carbonyl (C=O) groups is 1. The SMILES string of the molecule is O=C(Nc1ccccc1Cc1nc(-c2cnccn2)no1)c1cc(-c2ccc3c(c2)OCO3)n[nH]1. The predicted molar refractivity (Wildman–Crippen MR) is 123 cm³/mol. The van der Waals surface area contributed by atoms with E-state index in [1.807, 2.05) is 42.5 Å². The minimum absolute atomic E-state index is 0.192. The van der Waals surface area contributed by atoms with Gasteiger partial charge >= 0.3 is 0 Å². The van der Waals surface area contributed by atoms with Gasteiger partial charge in [0.05, 0.1) is 18.3 Å². The number of para-hydroxylation sites is 1. The molecule has 0 spiro atoms. The molecule has 11 nitrogen and oxygen atoms in total. The number of benzene rings is 2. The van der Waals surface area contributed by atoms with Crippen molar-refractivity contribution >= 4 is 11.6 Å². The monoisotopic (exact) mass is 467 g/mol. The van der Waals surface area contributed by atoms with Crippen LogP contribution in [0.5, 0.6) is 11.5 Å². The highest BCUT2D eigenvalue weighted by Crippen LogP contribution is 2.35. The van der Waals surface area contributed by atoms with Crippen molar-refractivity contribution in [3.05, 3.63) is 84.3 Å². The van der Waals surface area contributed by atoms with Gasteiger partial charge < -0.3 is 19.3 Å². The van der Waals surface area contributed by atoms with Crippen LogP contribution in [0.2, 0.25) is 0 Å². The van der Waals surface area contributed by atoms with Crippen molar-refractivity contribution in [3.8, 4) is 34.3 Å². The molecule has 0 atom stereocenters. The summed E-state index contributed by atoms with van der Waals surface area (Å²) in [4.78, 5) is 25.5.